The number of thioether (sulfide) groups is 1. The number of likely N-dealkylation sites (N-methyl/N-ethyl adjacent to an activating group) is 1. The van der Waals surface area contributed by atoms with Crippen LogP contribution in [0, 0.1) is 0 Å². The van der Waals surface area contributed by atoms with Crippen molar-refractivity contribution in [2.24, 2.45) is 4.99 Å². The van der Waals surface area contributed by atoms with E-state index in [9.17, 15) is 4.79 Å². The number of carbonyl (C=O) groups is 1. The predicted octanol–water partition coefficient (Wildman–Crippen LogP) is 0.157. The van der Waals surface area contributed by atoms with Gasteiger partial charge in [0.15, 0.2) is 5.17 Å². The SMILES string of the molecule is CCN(C)C(=O)CNC1=NCCS1. The largest absolute Gasteiger partial charge is 0.356 e. The van der Waals surface area contributed by atoms with Gasteiger partial charge in [-0.05, 0) is 6.92 Å². The van der Waals surface area contributed by atoms with Crippen molar-refractivity contribution in [2.45, 2.75) is 6.92 Å². The molecule has 1 heterocycles. The van der Waals surface area contributed by atoms with E-state index in [4.69, 9.17) is 0 Å². The van der Waals surface area contributed by atoms with Gasteiger partial charge in [-0.3, -0.25) is 9.79 Å². The monoisotopic (exact) mass is 201 g/mol. The molecule has 0 saturated heterocycles. The standard InChI is InChI=1S/C8H15N3OS/c1-3-11(2)7(12)6-10-8-9-4-5-13-8/h3-6H2,1-2H3,(H,9,10). The molecule has 74 valence electrons. The van der Waals surface area contributed by atoms with Gasteiger partial charge in [0.2, 0.25) is 5.91 Å². The Morgan fingerprint density at radius 3 is 3.08 bits per heavy atom. The van der Waals surface area contributed by atoms with E-state index in [0.717, 1.165) is 24.0 Å². The van der Waals surface area contributed by atoms with Gasteiger partial charge in [0.1, 0.15) is 0 Å². The first kappa shape index (κ1) is 10.4. The Kier molecular flexibility index (Phi) is 4.08. The summed E-state index contributed by atoms with van der Waals surface area (Å²) in [4.78, 5) is 17.2. The highest BCUT2D eigenvalue weighted by atomic mass is 32.2. The number of hydrogen-bond acceptors (Lipinski definition) is 4. The van der Waals surface area contributed by atoms with Crippen molar-refractivity contribution in [1.29, 1.82) is 0 Å². The summed E-state index contributed by atoms with van der Waals surface area (Å²) in [5.41, 5.74) is 0. The molecule has 13 heavy (non-hydrogen) atoms. The molecule has 1 rings (SSSR count). The lowest BCUT2D eigenvalue weighted by Gasteiger charge is -2.14. The van der Waals surface area contributed by atoms with Crippen LogP contribution in [-0.4, -0.2) is 48.4 Å². The van der Waals surface area contributed by atoms with Crippen molar-refractivity contribution in [1.82, 2.24) is 10.2 Å². The molecule has 0 aliphatic carbocycles. The molecule has 0 aromatic heterocycles. The van der Waals surface area contributed by atoms with Gasteiger partial charge in [0.05, 0.1) is 13.1 Å². The lowest BCUT2D eigenvalue weighted by Crippen LogP contribution is -2.36. The number of rotatable bonds is 3. The zero-order valence-corrected chi connectivity index (χ0v) is 8.86. The van der Waals surface area contributed by atoms with Crippen LogP contribution < -0.4 is 5.32 Å². The molecule has 0 bridgehead atoms. The van der Waals surface area contributed by atoms with Crippen molar-refractivity contribution in [2.75, 3.05) is 32.4 Å². The quantitative estimate of drug-likeness (QED) is 0.707. The molecule has 0 fully saturated rings. The van der Waals surface area contributed by atoms with Crippen LogP contribution in [0.15, 0.2) is 4.99 Å². The Bertz CT molecular complexity index is 217. The van der Waals surface area contributed by atoms with E-state index >= 15 is 0 Å². The van der Waals surface area contributed by atoms with Crippen LogP contribution in [0.3, 0.4) is 0 Å². The molecule has 4 nitrogen and oxygen atoms in total. The molecular weight excluding hydrogens is 186 g/mol. The maximum atomic E-state index is 11.3. The molecule has 0 aromatic carbocycles. The normalized spacial score (nSPS) is 15.4. The third-order valence-corrected chi connectivity index (χ3v) is 2.81. The Hall–Kier alpha value is -0.710. The molecule has 0 spiro atoms. The Balaban J connectivity index is 2.21. The Morgan fingerprint density at radius 2 is 2.54 bits per heavy atom. The third kappa shape index (κ3) is 3.26. The number of amidine groups is 1. The van der Waals surface area contributed by atoms with Gasteiger partial charge in [0.25, 0.3) is 0 Å². The Labute approximate surface area is 82.8 Å². The number of nitrogens with one attached hydrogen (secondary N) is 1. The molecule has 5 heteroatoms. The van der Waals surface area contributed by atoms with Crippen LogP contribution in [0.5, 0.6) is 0 Å². The first-order valence-corrected chi connectivity index (χ1v) is 5.37. The highest BCUT2D eigenvalue weighted by Gasteiger charge is 2.10. The molecular formula is C8H15N3OS. The van der Waals surface area contributed by atoms with E-state index in [-0.39, 0.29) is 5.91 Å². The van der Waals surface area contributed by atoms with E-state index in [1.807, 2.05) is 6.92 Å². The predicted molar refractivity (Wildman–Crippen MR) is 56.1 cm³/mol. The van der Waals surface area contributed by atoms with Crippen LogP contribution in [0.4, 0.5) is 0 Å². The van der Waals surface area contributed by atoms with Crippen LogP contribution in [-0.2, 0) is 4.79 Å². The van der Waals surface area contributed by atoms with Crippen LogP contribution >= 0.6 is 11.8 Å². The second-order valence-electron chi connectivity index (χ2n) is 2.80. The molecule has 1 aliphatic rings. The first-order valence-electron chi connectivity index (χ1n) is 4.39. The second kappa shape index (κ2) is 5.11. The van der Waals surface area contributed by atoms with Crippen molar-refractivity contribution in [3.05, 3.63) is 0 Å². The van der Waals surface area contributed by atoms with E-state index in [1.165, 1.54) is 0 Å². The summed E-state index contributed by atoms with van der Waals surface area (Å²) in [5, 5.41) is 3.92. The molecule has 0 radical (unpaired) electrons. The fourth-order valence-corrected chi connectivity index (χ4v) is 1.64. The average molecular weight is 201 g/mol. The van der Waals surface area contributed by atoms with Crippen molar-refractivity contribution < 1.29 is 4.79 Å². The summed E-state index contributed by atoms with van der Waals surface area (Å²) < 4.78 is 0. The van der Waals surface area contributed by atoms with Crippen LogP contribution in [0.1, 0.15) is 6.92 Å². The minimum absolute atomic E-state index is 0.109. The number of amides is 1. The number of nitrogens with zero attached hydrogens (tertiary/aromatic N) is 2. The van der Waals surface area contributed by atoms with Gasteiger partial charge in [-0.2, -0.15) is 0 Å². The van der Waals surface area contributed by atoms with E-state index in [0.29, 0.717) is 6.54 Å². The van der Waals surface area contributed by atoms with Crippen molar-refractivity contribution in [3.8, 4) is 0 Å². The topological polar surface area (TPSA) is 44.7 Å². The molecule has 0 atom stereocenters. The van der Waals surface area contributed by atoms with Gasteiger partial charge in [-0.25, -0.2) is 0 Å². The van der Waals surface area contributed by atoms with E-state index in [2.05, 4.69) is 10.3 Å². The summed E-state index contributed by atoms with van der Waals surface area (Å²) in [7, 11) is 1.80. The molecule has 0 saturated carbocycles. The number of aliphatic imine (C=N–C) groups is 1. The third-order valence-electron chi connectivity index (χ3n) is 1.88. The molecule has 0 unspecified atom stereocenters. The van der Waals surface area contributed by atoms with Gasteiger partial charge >= 0.3 is 0 Å². The summed E-state index contributed by atoms with van der Waals surface area (Å²) in [6.07, 6.45) is 0. The first-order chi connectivity index (χ1) is 6.24. The minimum Gasteiger partial charge on any atom is -0.356 e. The number of carbonyl (C=O) groups excluding carboxylic acids is 1. The van der Waals surface area contributed by atoms with Crippen molar-refractivity contribution >= 4 is 22.8 Å². The maximum Gasteiger partial charge on any atom is 0.241 e. The lowest BCUT2D eigenvalue weighted by atomic mass is 10.5. The maximum absolute atomic E-state index is 11.3. The molecule has 1 aliphatic heterocycles. The molecule has 1 N–H and O–H groups in total. The summed E-state index contributed by atoms with van der Waals surface area (Å²) in [5.74, 6) is 1.14. The van der Waals surface area contributed by atoms with Crippen LogP contribution in [0.2, 0.25) is 0 Å². The molecule has 0 aromatic rings. The van der Waals surface area contributed by atoms with Gasteiger partial charge < -0.3 is 10.2 Å². The Morgan fingerprint density at radius 1 is 1.77 bits per heavy atom. The second-order valence-corrected chi connectivity index (χ2v) is 3.88. The number of hydrogen-bond donors (Lipinski definition) is 1. The van der Waals surface area contributed by atoms with E-state index < -0.39 is 0 Å². The highest BCUT2D eigenvalue weighted by Crippen LogP contribution is 2.08. The highest BCUT2D eigenvalue weighted by molar-refractivity contribution is 8.14. The molecule has 1 amide bonds. The van der Waals surface area contributed by atoms with Gasteiger partial charge in [-0.1, -0.05) is 11.8 Å². The zero-order valence-electron chi connectivity index (χ0n) is 8.04. The van der Waals surface area contributed by atoms with Crippen molar-refractivity contribution in [3.63, 3.8) is 0 Å². The zero-order chi connectivity index (χ0) is 9.68. The van der Waals surface area contributed by atoms with E-state index in [1.54, 1.807) is 23.7 Å². The lowest BCUT2D eigenvalue weighted by molar-refractivity contribution is -0.128. The fraction of sp³-hybridized carbons (Fsp3) is 0.750. The van der Waals surface area contributed by atoms with Gasteiger partial charge in [0, 0.05) is 19.3 Å². The van der Waals surface area contributed by atoms with Gasteiger partial charge in [-0.15, -0.1) is 0 Å². The summed E-state index contributed by atoms with van der Waals surface area (Å²) in [6, 6.07) is 0. The fourth-order valence-electron chi connectivity index (χ4n) is 0.905. The van der Waals surface area contributed by atoms with Crippen LogP contribution in [0.25, 0.3) is 0 Å². The summed E-state index contributed by atoms with van der Waals surface area (Å²) >= 11 is 1.67. The minimum atomic E-state index is 0.109. The summed E-state index contributed by atoms with van der Waals surface area (Å²) in [6.45, 7) is 3.93. The smallest absolute Gasteiger partial charge is 0.241 e. The average Bonchev–Trinajstić information content (AvgIpc) is 2.65.